The van der Waals surface area contributed by atoms with E-state index in [2.05, 4.69) is 41.4 Å². The summed E-state index contributed by atoms with van der Waals surface area (Å²) in [6.07, 6.45) is 5.16. The first-order chi connectivity index (χ1) is 8.63. The quantitative estimate of drug-likeness (QED) is 0.727. The topological polar surface area (TPSA) is 66.9 Å². The monoisotopic (exact) mass is 250 g/mol. The summed E-state index contributed by atoms with van der Waals surface area (Å²) < 4.78 is 0. The molecule has 18 heavy (non-hydrogen) atoms. The SMILES string of the molecule is CCCCNC(=O)c1cnc(NCC(C)C)nc1. The van der Waals surface area contributed by atoms with Crippen LogP contribution in [0.4, 0.5) is 5.95 Å². The Kier molecular flexibility index (Phi) is 6.11. The summed E-state index contributed by atoms with van der Waals surface area (Å²) in [6, 6.07) is 0. The van der Waals surface area contributed by atoms with Gasteiger partial charge in [-0.15, -0.1) is 0 Å². The molecule has 100 valence electrons. The molecule has 0 saturated carbocycles. The fourth-order valence-corrected chi connectivity index (χ4v) is 1.31. The maximum atomic E-state index is 11.7. The van der Waals surface area contributed by atoms with Crippen LogP contribution < -0.4 is 10.6 Å². The first-order valence-electron chi connectivity index (χ1n) is 6.47. The number of hydrogen-bond donors (Lipinski definition) is 2. The van der Waals surface area contributed by atoms with E-state index >= 15 is 0 Å². The zero-order valence-corrected chi connectivity index (χ0v) is 11.4. The standard InChI is InChI=1S/C13H22N4O/c1-4-5-6-14-12(18)11-8-16-13(17-9-11)15-7-10(2)3/h8-10H,4-7H2,1-3H3,(H,14,18)(H,15,16,17). The minimum Gasteiger partial charge on any atom is -0.354 e. The molecular weight excluding hydrogens is 228 g/mol. The van der Waals surface area contributed by atoms with E-state index < -0.39 is 0 Å². The van der Waals surface area contributed by atoms with E-state index in [1.54, 1.807) is 12.4 Å². The minimum atomic E-state index is -0.112. The third kappa shape index (κ3) is 5.12. The first-order valence-corrected chi connectivity index (χ1v) is 6.47. The average Bonchev–Trinajstić information content (AvgIpc) is 2.37. The number of carbonyl (C=O) groups excluding carboxylic acids is 1. The Morgan fingerprint density at radius 2 is 2.00 bits per heavy atom. The summed E-state index contributed by atoms with van der Waals surface area (Å²) in [5, 5.41) is 5.94. The van der Waals surface area contributed by atoms with E-state index in [0.29, 0.717) is 24.0 Å². The number of amides is 1. The van der Waals surface area contributed by atoms with E-state index in [0.717, 1.165) is 19.4 Å². The van der Waals surface area contributed by atoms with Gasteiger partial charge in [0.2, 0.25) is 5.95 Å². The van der Waals surface area contributed by atoms with Crippen molar-refractivity contribution in [3.05, 3.63) is 18.0 Å². The molecule has 5 nitrogen and oxygen atoms in total. The van der Waals surface area contributed by atoms with Gasteiger partial charge in [0, 0.05) is 25.5 Å². The van der Waals surface area contributed by atoms with Crippen LogP contribution in [-0.2, 0) is 0 Å². The summed E-state index contributed by atoms with van der Waals surface area (Å²) >= 11 is 0. The molecule has 0 aliphatic heterocycles. The number of anilines is 1. The summed E-state index contributed by atoms with van der Waals surface area (Å²) in [4.78, 5) is 19.9. The summed E-state index contributed by atoms with van der Waals surface area (Å²) in [7, 11) is 0. The van der Waals surface area contributed by atoms with Gasteiger partial charge in [0.1, 0.15) is 0 Å². The highest BCUT2D eigenvalue weighted by Crippen LogP contribution is 2.02. The number of nitrogens with one attached hydrogen (secondary N) is 2. The Labute approximate surface area is 108 Å². The van der Waals surface area contributed by atoms with Crippen molar-refractivity contribution in [3.63, 3.8) is 0 Å². The number of hydrogen-bond acceptors (Lipinski definition) is 4. The van der Waals surface area contributed by atoms with Gasteiger partial charge < -0.3 is 10.6 Å². The van der Waals surface area contributed by atoms with Crippen LogP contribution >= 0.6 is 0 Å². The van der Waals surface area contributed by atoms with E-state index in [4.69, 9.17) is 0 Å². The molecule has 0 radical (unpaired) electrons. The largest absolute Gasteiger partial charge is 0.354 e. The second kappa shape index (κ2) is 7.63. The Balaban J connectivity index is 2.46. The van der Waals surface area contributed by atoms with Crippen molar-refractivity contribution in [1.82, 2.24) is 15.3 Å². The maximum absolute atomic E-state index is 11.7. The predicted molar refractivity (Wildman–Crippen MR) is 72.6 cm³/mol. The Bertz CT molecular complexity index is 362. The van der Waals surface area contributed by atoms with Crippen molar-refractivity contribution in [1.29, 1.82) is 0 Å². The van der Waals surface area contributed by atoms with E-state index in [1.807, 2.05) is 0 Å². The summed E-state index contributed by atoms with van der Waals surface area (Å²) in [6.45, 7) is 7.83. The minimum absolute atomic E-state index is 0.112. The molecule has 0 aliphatic carbocycles. The molecule has 0 aliphatic rings. The van der Waals surface area contributed by atoms with Gasteiger partial charge in [-0.3, -0.25) is 4.79 Å². The molecule has 5 heteroatoms. The molecule has 1 rings (SSSR count). The van der Waals surface area contributed by atoms with E-state index in [1.165, 1.54) is 0 Å². The lowest BCUT2D eigenvalue weighted by Crippen LogP contribution is -2.24. The van der Waals surface area contributed by atoms with Gasteiger partial charge in [-0.1, -0.05) is 27.2 Å². The normalized spacial score (nSPS) is 10.4. The van der Waals surface area contributed by atoms with Gasteiger partial charge in [-0.25, -0.2) is 9.97 Å². The maximum Gasteiger partial charge on any atom is 0.254 e. The molecule has 1 heterocycles. The van der Waals surface area contributed by atoms with Crippen molar-refractivity contribution < 1.29 is 4.79 Å². The zero-order valence-electron chi connectivity index (χ0n) is 11.4. The lowest BCUT2D eigenvalue weighted by atomic mass is 10.2. The third-order valence-electron chi connectivity index (χ3n) is 2.40. The van der Waals surface area contributed by atoms with Gasteiger partial charge in [-0.2, -0.15) is 0 Å². The summed E-state index contributed by atoms with van der Waals surface area (Å²) in [5.74, 6) is 0.985. The van der Waals surface area contributed by atoms with Crippen LogP contribution in [0.1, 0.15) is 44.0 Å². The van der Waals surface area contributed by atoms with Crippen molar-refractivity contribution >= 4 is 11.9 Å². The fourth-order valence-electron chi connectivity index (χ4n) is 1.31. The molecular formula is C13H22N4O. The van der Waals surface area contributed by atoms with Crippen LogP contribution in [0.3, 0.4) is 0 Å². The van der Waals surface area contributed by atoms with Crippen molar-refractivity contribution in [2.24, 2.45) is 5.92 Å². The highest BCUT2D eigenvalue weighted by Gasteiger charge is 2.06. The molecule has 0 bridgehead atoms. The number of nitrogens with zero attached hydrogens (tertiary/aromatic N) is 2. The van der Waals surface area contributed by atoms with Gasteiger partial charge in [0.15, 0.2) is 0 Å². The molecule has 0 saturated heterocycles. The molecule has 1 aromatic rings. The molecule has 0 spiro atoms. The number of unbranched alkanes of at least 4 members (excludes halogenated alkanes) is 1. The number of rotatable bonds is 7. The number of carbonyl (C=O) groups is 1. The lowest BCUT2D eigenvalue weighted by Gasteiger charge is -2.07. The van der Waals surface area contributed by atoms with Crippen LogP contribution in [0.25, 0.3) is 0 Å². The molecule has 2 N–H and O–H groups in total. The third-order valence-corrected chi connectivity index (χ3v) is 2.40. The molecule has 0 aromatic carbocycles. The van der Waals surface area contributed by atoms with E-state index in [9.17, 15) is 4.79 Å². The fraction of sp³-hybridized carbons (Fsp3) is 0.615. The van der Waals surface area contributed by atoms with Crippen LogP contribution in [0.2, 0.25) is 0 Å². The van der Waals surface area contributed by atoms with Gasteiger partial charge in [0.05, 0.1) is 5.56 Å². The first kappa shape index (κ1) is 14.4. The van der Waals surface area contributed by atoms with Crippen LogP contribution in [0.5, 0.6) is 0 Å². The molecule has 0 fully saturated rings. The molecule has 0 unspecified atom stereocenters. The Morgan fingerprint density at radius 3 is 2.56 bits per heavy atom. The van der Waals surface area contributed by atoms with Crippen molar-refractivity contribution in [2.75, 3.05) is 18.4 Å². The number of aromatic nitrogens is 2. The Morgan fingerprint density at radius 1 is 1.33 bits per heavy atom. The highest BCUT2D eigenvalue weighted by molar-refractivity contribution is 5.93. The Hall–Kier alpha value is -1.65. The van der Waals surface area contributed by atoms with Crippen molar-refractivity contribution in [3.8, 4) is 0 Å². The highest BCUT2D eigenvalue weighted by atomic mass is 16.1. The van der Waals surface area contributed by atoms with Gasteiger partial charge in [-0.05, 0) is 12.3 Å². The smallest absolute Gasteiger partial charge is 0.254 e. The lowest BCUT2D eigenvalue weighted by molar-refractivity contribution is 0.0952. The molecule has 0 atom stereocenters. The van der Waals surface area contributed by atoms with Crippen LogP contribution in [0.15, 0.2) is 12.4 Å². The van der Waals surface area contributed by atoms with Gasteiger partial charge in [0.25, 0.3) is 5.91 Å². The average molecular weight is 250 g/mol. The van der Waals surface area contributed by atoms with Crippen LogP contribution in [0, 0.1) is 5.92 Å². The molecule has 1 aromatic heterocycles. The molecule has 1 amide bonds. The predicted octanol–water partition coefficient (Wildman–Crippen LogP) is 2.07. The zero-order chi connectivity index (χ0) is 13.4. The van der Waals surface area contributed by atoms with E-state index in [-0.39, 0.29) is 5.91 Å². The van der Waals surface area contributed by atoms with Gasteiger partial charge >= 0.3 is 0 Å². The second-order valence-corrected chi connectivity index (χ2v) is 4.68. The van der Waals surface area contributed by atoms with Crippen molar-refractivity contribution in [2.45, 2.75) is 33.6 Å². The second-order valence-electron chi connectivity index (χ2n) is 4.68. The van der Waals surface area contributed by atoms with Crippen LogP contribution in [-0.4, -0.2) is 29.0 Å². The summed E-state index contributed by atoms with van der Waals surface area (Å²) in [5.41, 5.74) is 0.501.